The molecule has 1 aliphatic heterocycles. The summed E-state index contributed by atoms with van der Waals surface area (Å²) < 4.78 is 32.7. The second-order valence-electron chi connectivity index (χ2n) is 6.63. The first-order chi connectivity index (χ1) is 13.7. The van der Waals surface area contributed by atoms with Crippen LogP contribution in [0, 0.1) is 16.7 Å². The Labute approximate surface area is 178 Å². The van der Waals surface area contributed by atoms with Gasteiger partial charge in [0.2, 0.25) is 15.9 Å². The van der Waals surface area contributed by atoms with Gasteiger partial charge in [0, 0.05) is 25.2 Å². The monoisotopic (exact) mass is 453 g/mol. The Morgan fingerprint density at radius 3 is 2.45 bits per heavy atom. The number of nitrogens with one attached hydrogen (secondary N) is 1. The topological polar surface area (TPSA) is 99.5 Å². The molecule has 0 unspecified atom stereocenters. The van der Waals surface area contributed by atoms with Gasteiger partial charge in [0.15, 0.2) is 0 Å². The summed E-state index contributed by atoms with van der Waals surface area (Å²) in [6, 6.07) is 12.6. The van der Waals surface area contributed by atoms with Gasteiger partial charge in [0.25, 0.3) is 0 Å². The zero-order valence-corrected chi connectivity index (χ0v) is 17.7. The summed E-state index contributed by atoms with van der Waals surface area (Å²) in [5.41, 5.74) is -0.548. The molecular formula is C19H17Cl2N3O4S. The molecule has 7 nitrogen and oxygen atoms in total. The predicted molar refractivity (Wildman–Crippen MR) is 108 cm³/mol. The Kier molecular flexibility index (Phi) is 6.05. The Balaban J connectivity index is 1.76. The lowest BCUT2D eigenvalue weighted by Crippen LogP contribution is -2.66. The largest absolute Gasteiger partial charge is 0.492 e. The number of hydrogen-bond donors (Lipinski definition) is 1. The maximum absolute atomic E-state index is 12.9. The van der Waals surface area contributed by atoms with Crippen LogP contribution in [0.25, 0.3) is 0 Å². The molecule has 0 aromatic heterocycles. The van der Waals surface area contributed by atoms with Gasteiger partial charge in [-0.25, -0.2) is 8.42 Å². The highest BCUT2D eigenvalue weighted by molar-refractivity contribution is 7.89. The van der Waals surface area contributed by atoms with Crippen molar-refractivity contribution in [2.45, 2.75) is 4.90 Å². The molecule has 3 rings (SSSR count). The van der Waals surface area contributed by atoms with E-state index in [4.69, 9.17) is 33.2 Å². The number of carbonyl (C=O) groups is 1. The van der Waals surface area contributed by atoms with Gasteiger partial charge < -0.3 is 10.1 Å². The minimum absolute atomic E-state index is 0.0149. The third kappa shape index (κ3) is 4.19. The maximum atomic E-state index is 12.9. The van der Waals surface area contributed by atoms with Crippen molar-refractivity contribution >= 4 is 39.1 Å². The van der Waals surface area contributed by atoms with E-state index in [1.54, 1.807) is 24.3 Å². The standard InChI is InChI=1S/C19H17Cl2N3O4S/c1-23-18(25)19(12-28-15-5-2-13(9-22)3-6-15)10-24(11-19)29(26,27)17-7-4-14(20)8-16(17)21/h2-8H,10-12H2,1H3,(H,23,25). The molecule has 152 valence electrons. The summed E-state index contributed by atoms with van der Waals surface area (Å²) in [5, 5.41) is 11.8. The van der Waals surface area contributed by atoms with E-state index >= 15 is 0 Å². The molecule has 0 aliphatic carbocycles. The molecule has 1 N–H and O–H groups in total. The number of benzene rings is 2. The second-order valence-corrected chi connectivity index (χ2v) is 9.38. The zero-order chi connectivity index (χ0) is 21.2. The van der Waals surface area contributed by atoms with Crippen molar-refractivity contribution in [2.75, 3.05) is 26.7 Å². The molecule has 1 saturated heterocycles. The normalized spacial score (nSPS) is 15.8. The quantitative estimate of drug-likeness (QED) is 0.724. The van der Waals surface area contributed by atoms with Crippen molar-refractivity contribution in [3.05, 3.63) is 58.1 Å². The third-order valence-corrected chi connectivity index (χ3v) is 7.19. The van der Waals surface area contributed by atoms with Crippen LogP contribution in [0.1, 0.15) is 5.56 Å². The number of halogens is 2. The minimum Gasteiger partial charge on any atom is -0.492 e. The van der Waals surface area contributed by atoms with Crippen LogP contribution in [0.5, 0.6) is 5.75 Å². The van der Waals surface area contributed by atoms with E-state index in [0.29, 0.717) is 16.3 Å². The van der Waals surface area contributed by atoms with Gasteiger partial charge in [0.05, 0.1) is 16.7 Å². The average molecular weight is 454 g/mol. The Morgan fingerprint density at radius 2 is 1.90 bits per heavy atom. The number of amides is 1. The Hall–Kier alpha value is -2.31. The minimum atomic E-state index is -3.88. The average Bonchev–Trinajstić information content (AvgIpc) is 2.66. The Morgan fingerprint density at radius 1 is 1.24 bits per heavy atom. The van der Waals surface area contributed by atoms with E-state index < -0.39 is 15.4 Å². The third-order valence-electron chi connectivity index (χ3n) is 4.68. The number of hydrogen-bond acceptors (Lipinski definition) is 5. The summed E-state index contributed by atoms with van der Waals surface area (Å²) in [6.07, 6.45) is 0. The summed E-state index contributed by atoms with van der Waals surface area (Å²) in [5.74, 6) is 0.161. The number of carbonyl (C=O) groups excluding carboxylic acids is 1. The highest BCUT2D eigenvalue weighted by atomic mass is 35.5. The number of sulfonamides is 1. The molecule has 0 radical (unpaired) electrons. The van der Waals surface area contributed by atoms with Crippen LogP contribution >= 0.6 is 23.2 Å². The lowest BCUT2D eigenvalue weighted by molar-refractivity contribution is -0.139. The fourth-order valence-corrected chi connectivity index (χ4v) is 5.39. The van der Waals surface area contributed by atoms with Crippen LogP contribution in [-0.4, -0.2) is 45.4 Å². The van der Waals surface area contributed by atoms with Gasteiger partial charge in [-0.05, 0) is 42.5 Å². The molecule has 2 aromatic rings. The van der Waals surface area contributed by atoms with E-state index in [1.165, 1.54) is 29.6 Å². The first-order valence-electron chi connectivity index (χ1n) is 8.52. The summed E-state index contributed by atoms with van der Waals surface area (Å²) in [7, 11) is -2.40. The molecule has 1 heterocycles. The van der Waals surface area contributed by atoms with E-state index in [1.807, 2.05) is 6.07 Å². The summed E-state index contributed by atoms with van der Waals surface area (Å²) in [6.45, 7) is -0.118. The van der Waals surface area contributed by atoms with Crippen molar-refractivity contribution in [2.24, 2.45) is 5.41 Å². The van der Waals surface area contributed by atoms with Gasteiger partial charge in [-0.15, -0.1) is 0 Å². The van der Waals surface area contributed by atoms with Gasteiger partial charge in [-0.1, -0.05) is 23.2 Å². The zero-order valence-electron chi connectivity index (χ0n) is 15.4. The van der Waals surface area contributed by atoms with Crippen LogP contribution in [0.2, 0.25) is 10.0 Å². The molecule has 29 heavy (non-hydrogen) atoms. The summed E-state index contributed by atoms with van der Waals surface area (Å²) >= 11 is 11.9. The van der Waals surface area contributed by atoms with Crippen LogP contribution in [0.4, 0.5) is 0 Å². The number of nitriles is 1. The SMILES string of the molecule is CNC(=O)C1(COc2ccc(C#N)cc2)CN(S(=O)(=O)c2ccc(Cl)cc2Cl)C1. The molecule has 0 bridgehead atoms. The number of nitrogens with zero attached hydrogens (tertiary/aromatic N) is 2. The molecular weight excluding hydrogens is 437 g/mol. The van der Waals surface area contributed by atoms with E-state index in [0.717, 1.165) is 0 Å². The molecule has 0 saturated carbocycles. The van der Waals surface area contributed by atoms with E-state index in [-0.39, 0.29) is 35.5 Å². The predicted octanol–water partition coefficient (Wildman–Crippen LogP) is 2.68. The molecule has 2 aromatic carbocycles. The van der Waals surface area contributed by atoms with Crippen LogP contribution in [0.15, 0.2) is 47.4 Å². The highest BCUT2D eigenvalue weighted by Crippen LogP contribution is 2.38. The van der Waals surface area contributed by atoms with Crippen LogP contribution < -0.4 is 10.1 Å². The van der Waals surface area contributed by atoms with Crippen molar-refractivity contribution < 1.29 is 17.9 Å². The lowest BCUT2D eigenvalue weighted by Gasteiger charge is -2.47. The van der Waals surface area contributed by atoms with Gasteiger partial charge in [-0.3, -0.25) is 4.79 Å². The lowest BCUT2D eigenvalue weighted by atomic mass is 9.81. The van der Waals surface area contributed by atoms with E-state index in [9.17, 15) is 13.2 Å². The first-order valence-corrected chi connectivity index (χ1v) is 10.7. The molecule has 1 aliphatic rings. The van der Waals surface area contributed by atoms with Crippen molar-refractivity contribution in [3.8, 4) is 11.8 Å². The van der Waals surface area contributed by atoms with Gasteiger partial charge >= 0.3 is 0 Å². The molecule has 0 spiro atoms. The number of ether oxygens (including phenoxy) is 1. The van der Waals surface area contributed by atoms with Crippen molar-refractivity contribution in [1.29, 1.82) is 5.26 Å². The van der Waals surface area contributed by atoms with Crippen molar-refractivity contribution in [3.63, 3.8) is 0 Å². The fraction of sp³-hybridized carbons (Fsp3) is 0.263. The van der Waals surface area contributed by atoms with Crippen LogP contribution in [0.3, 0.4) is 0 Å². The second kappa shape index (κ2) is 8.20. The molecule has 1 fully saturated rings. The molecule has 0 atom stereocenters. The highest BCUT2D eigenvalue weighted by Gasteiger charge is 2.54. The van der Waals surface area contributed by atoms with E-state index in [2.05, 4.69) is 5.32 Å². The van der Waals surface area contributed by atoms with Gasteiger partial charge in [-0.2, -0.15) is 9.57 Å². The van der Waals surface area contributed by atoms with Gasteiger partial charge in [0.1, 0.15) is 22.7 Å². The first kappa shape index (κ1) is 21.4. The number of rotatable bonds is 6. The van der Waals surface area contributed by atoms with Crippen molar-refractivity contribution in [1.82, 2.24) is 9.62 Å². The maximum Gasteiger partial charge on any atom is 0.244 e. The van der Waals surface area contributed by atoms with Crippen LogP contribution in [-0.2, 0) is 14.8 Å². The molecule has 10 heteroatoms. The smallest absolute Gasteiger partial charge is 0.244 e. The fourth-order valence-electron chi connectivity index (χ4n) is 3.04. The Bertz CT molecular complexity index is 1080. The molecule has 1 amide bonds. The summed E-state index contributed by atoms with van der Waals surface area (Å²) in [4.78, 5) is 12.4.